The normalized spacial score (nSPS) is 11.1. The maximum absolute atomic E-state index is 12.5. The molecule has 0 aliphatic heterocycles. The molecular formula is C17H20ClNO. The summed E-state index contributed by atoms with van der Waals surface area (Å²) in [4.78, 5) is 12.5. The molecule has 2 rings (SSSR count). The van der Waals surface area contributed by atoms with Crippen LogP contribution in [0.3, 0.4) is 0 Å². The van der Waals surface area contributed by atoms with Crippen molar-refractivity contribution in [2.45, 2.75) is 39.6 Å². The van der Waals surface area contributed by atoms with Crippen LogP contribution in [0.15, 0.2) is 35.1 Å². The SMILES string of the molecule is Cc1ccc(-c2ccc(CCl)c(=O)n2C(C)C)c(C)c1. The molecule has 0 saturated heterocycles. The van der Waals surface area contributed by atoms with Crippen LogP contribution in [-0.4, -0.2) is 4.57 Å². The molecule has 106 valence electrons. The van der Waals surface area contributed by atoms with Gasteiger partial charge in [0.2, 0.25) is 0 Å². The van der Waals surface area contributed by atoms with Crippen LogP contribution >= 0.6 is 11.6 Å². The number of benzene rings is 1. The molecule has 20 heavy (non-hydrogen) atoms. The lowest BCUT2D eigenvalue weighted by Gasteiger charge is -2.19. The minimum atomic E-state index is 0.00692. The summed E-state index contributed by atoms with van der Waals surface area (Å²) in [6.07, 6.45) is 0. The molecule has 0 N–H and O–H groups in total. The third kappa shape index (κ3) is 2.66. The molecule has 0 spiro atoms. The molecular weight excluding hydrogens is 270 g/mol. The van der Waals surface area contributed by atoms with E-state index in [4.69, 9.17) is 11.6 Å². The minimum absolute atomic E-state index is 0.00692. The average Bonchev–Trinajstić information content (AvgIpc) is 2.38. The monoisotopic (exact) mass is 289 g/mol. The third-order valence-corrected chi connectivity index (χ3v) is 3.80. The van der Waals surface area contributed by atoms with Crippen LogP contribution in [0.2, 0.25) is 0 Å². The molecule has 1 heterocycles. The Bertz CT molecular complexity index is 686. The molecule has 2 aromatic rings. The van der Waals surface area contributed by atoms with Gasteiger partial charge in [-0.1, -0.05) is 29.8 Å². The molecule has 2 nitrogen and oxygen atoms in total. The van der Waals surface area contributed by atoms with E-state index in [1.165, 1.54) is 11.1 Å². The second-order valence-corrected chi connectivity index (χ2v) is 5.73. The standard InChI is InChI=1S/C17H20ClNO/c1-11(2)19-16(8-6-14(10-18)17(19)20)15-7-5-12(3)9-13(15)4/h5-9,11H,10H2,1-4H3. The molecule has 0 saturated carbocycles. The smallest absolute Gasteiger partial charge is 0.255 e. The molecule has 0 unspecified atom stereocenters. The van der Waals surface area contributed by atoms with E-state index < -0.39 is 0 Å². The van der Waals surface area contributed by atoms with Gasteiger partial charge in [-0.2, -0.15) is 0 Å². The fraction of sp³-hybridized carbons (Fsp3) is 0.353. The number of nitrogens with zero attached hydrogens (tertiary/aromatic N) is 1. The number of aromatic nitrogens is 1. The highest BCUT2D eigenvalue weighted by Gasteiger charge is 2.14. The van der Waals surface area contributed by atoms with Crippen LogP contribution < -0.4 is 5.56 Å². The van der Waals surface area contributed by atoms with Gasteiger partial charge in [-0.25, -0.2) is 0 Å². The van der Waals surface area contributed by atoms with Gasteiger partial charge in [0.05, 0.1) is 11.6 Å². The maximum atomic E-state index is 12.5. The molecule has 1 aromatic heterocycles. The minimum Gasteiger partial charge on any atom is -0.305 e. The first-order valence-corrected chi connectivity index (χ1v) is 7.37. The van der Waals surface area contributed by atoms with Crippen LogP contribution in [0.25, 0.3) is 11.3 Å². The second-order valence-electron chi connectivity index (χ2n) is 5.46. The molecule has 0 fully saturated rings. The quantitative estimate of drug-likeness (QED) is 0.765. The Kier molecular flexibility index (Phi) is 4.34. The van der Waals surface area contributed by atoms with Crippen molar-refractivity contribution >= 4 is 11.6 Å². The summed E-state index contributed by atoms with van der Waals surface area (Å²) in [5.41, 5.74) is 5.11. The van der Waals surface area contributed by atoms with Crippen LogP contribution in [0.4, 0.5) is 0 Å². The Balaban J connectivity index is 2.74. The predicted molar refractivity (Wildman–Crippen MR) is 85.6 cm³/mol. The summed E-state index contributed by atoms with van der Waals surface area (Å²) in [5, 5.41) is 0. The average molecular weight is 290 g/mol. The van der Waals surface area contributed by atoms with Crippen LogP contribution in [-0.2, 0) is 5.88 Å². The van der Waals surface area contributed by atoms with Crippen LogP contribution in [0.5, 0.6) is 0 Å². The Morgan fingerprint density at radius 1 is 1.15 bits per heavy atom. The van der Waals surface area contributed by atoms with Crippen molar-refractivity contribution in [1.82, 2.24) is 4.57 Å². The van der Waals surface area contributed by atoms with Crippen molar-refractivity contribution < 1.29 is 0 Å². The number of aryl methyl sites for hydroxylation is 2. The van der Waals surface area contributed by atoms with Crippen molar-refractivity contribution in [2.75, 3.05) is 0 Å². The molecule has 0 bridgehead atoms. The van der Waals surface area contributed by atoms with E-state index >= 15 is 0 Å². The topological polar surface area (TPSA) is 22.0 Å². The Morgan fingerprint density at radius 2 is 1.85 bits per heavy atom. The highest BCUT2D eigenvalue weighted by Crippen LogP contribution is 2.25. The van der Waals surface area contributed by atoms with Gasteiger partial charge in [-0.05, 0) is 39.3 Å². The van der Waals surface area contributed by atoms with Gasteiger partial charge in [-0.15, -0.1) is 11.6 Å². The first kappa shape index (κ1) is 14.9. The number of halogens is 1. The lowest BCUT2D eigenvalue weighted by molar-refractivity contribution is 0.581. The first-order chi connectivity index (χ1) is 9.45. The zero-order valence-electron chi connectivity index (χ0n) is 12.4. The van der Waals surface area contributed by atoms with Crippen LogP contribution in [0.1, 0.15) is 36.6 Å². The molecule has 0 atom stereocenters. The molecule has 3 heteroatoms. The molecule has 0 radical (unpaired) electrons. The van der Waals surface area contributed by atoms with Gasteiger partial charge in [0, 0.05) is 17.2 Å². The van der Waals surface area contributed by atoms with Gasteiger partial charge in [0.25, 0.3) is 5.56 Å². The highest BCUT2D eigenvalue weighted by molar-refractivity contribution is 6.17. The fourth-order valence-electron chi connectivity index (χ4n) is 2.53. The third-order valence-electron chi connectivity index (χ3n) is 3.51. The Hall–Kier alpha value is -1.54. The van der Waals surface area contributed by atoms with Gasteiger partial charge in [0.15, 0.2) is 0 Å². The number of rotatable bonds is 3. The van der Waals surface area contributed by atoms with Gasteiger partial charge in [-0.3, -0.25) is 4.79 Å². The van der Waals surface area contributed by atoms with Gasteiger partial charge in [0.1, 0.15) is 0 Å². The van der Waals surface area contributed by atoms with E-state index in [2.05, 4.69) is 32.0 Å². The largest absolute Gasteiger partial charge is 0.305 e. The molecule has 0 aliphatic carbocycles. The summed E-state index contributed by atoms with van der Waals surface area (Å²) in [6.45, 7) is 8.19. The van der Waals surface area contributed by atoms with Crippen molar-refractivity contribution in [3.05, 3.63) is 57.4 Å². The van der Waals surface area contributed by atoms with Crippen molar-refractivity contribution in [2.24, 2.45) is 0 Å². The van der Waals surface area contributed by atoms with Crippen LogP contribution in [0, 0.1) is 13.8 Å². The molecule has 0 amide bonds. The zero-order chi connectivity index (χ0) is 14.9. The summed E-state index contributed by atoms with van der Waals surface area (Å²) < 4.78 is 1.83. The zero-order valence-corrected chi connectivity index (χ0v) is 13.2. The number of hydrogen-bond donors (Lipinski definition) is 0. The van der Waals surface area contributed by atoms with E-state index in [9.17, 15) is 4.79 Å². The number of hydrogen-bond acceptors (Lipinski definition) is 1. The van der Waals surface area contributed by atoms with E-state index in [1.807, 2.05) is 30.5 Å². The van der Waals surface area contributed by atoms with Crippen molar-refractivity contribution in [3.63, 3.8) is 0 Å². The Labute approximate surface area is 125 Å². The first-order valence-electron chi connectivity index (χ1n) is 6.83. The summed E-state index contributed by atoms with van der Waals surface area (Å²) in [7, 11) is 0. The number of alkyl halides is 1. The van der Waals surface area contributed by atoms with Crippen molar-refractivity contribution in [3.8, 4) is 11.3 Å². The van der Waals surface area contributed by atoms with E-state index in [0.29, 0.717) is 5.56 Å². The van der Waals surface area contributed by atoms with E-state index in [-0.39, 0.29) is 17.5 Å². The molecule has 1 aromatic carbocycles. The maximum Gasteiger partial charge on any atom is 0.255 e. The number of pyridine rings is 1. The fourth-order valence-corrected chi connectivity index (χ4v) is 2.73. The lowest BCUT2D eigenvalue weighted by Crippen LogP contribution is -2.26. The van der Waals surface area contributed by atoms with Gasteiger partial charge >= 0.3 is 0 Å². The lowest BCUT2D eigenvalue weighted by atomic mass is 10.0. The van der Waals surface area contributed by atoms with E-state index in [1.54, 1.807) is 0 Å². The summed E-state index contributed by atoms with van der Waals surface area (Å²) in [5.74, 6) is 0.249. The van der Waals surface area contributed by atoms with Crippen molar-refractivity contribution in [1.29, 1.82) is 0 Å². The van der Waals surface area contributed by atoms with Gasteiger partial charge < -0.3 is 4.57 Å². The second kappa shape index (κ2) is 5.84. The molecule has 0 aliphatic rings. The predicted octanol–water partition coefficient (Wildman–Crippen LogP) is 4.45. The highest BCUT2D eigenvalue weighted by atomic mass is 35.5. The summed E-state index contributed by atoms with van der Waals surface area (Å²) in [6, 6.07) is 10.2. The summed E-state index contributed by atoms with van der Waals surface area (Å²) >= 11 is 5.85. The Morgan fingerprint density at radius 3 is 2.40 bits per heavy atom. The van der Waals surface area contributed by atoms with E-state index in [0.717, 1.165) is 11.3 Å².